The van der Waals surface area contributed by atoms with Crippen molar-refractivity contribution in [1.29, 1.82) is 0 Å². The molecule has 1 atom stereocenters. The maximum Gasteiger partial charge on any atom is 0.493 e. The molecule has 0 aromatic heterocycles. The van der Waals surface area contributed by atoms with Gasteiger partial charge >= 0.3 is 18.3 Å². The van der Waals surface area contributed by atoms with Gasteiger partial charge in [0.25, 0.3) is 5.91 Å². The molecule has 0 aliphatic carbocycles. The average Bonchev–Trinajstić information content (AvgIpc) is 3.25. The highest BCUT2D eigenvalue weighted by Crippen LogP contribution is 2.33. The maximum atomic E-state index is 13.1. The van der Waals surface area contributed by atoms with E-state index in [1.54, 1.807) is 13.0 Å². The van der Waals surface area contributed by atoms with Gasteiger partial charge in [-0.3, -0.25) is 4.79 Å². The molecule has 172 valence electrons. The largest absolute Gasteiger partial charge is 0.493 e. The number of amides is 1. The summed E-state index contributed by atoms with van der Waals surface area (Å²) in [7, 11) is 0. The summed E-state index contributed by atoms with van der Waals surface area (Å²) in [5.74, 6) is -3.90. The third-order valence-corrected chi connectivity index (χ3v) is 5.02. The Balaban J connectivity index is 2.03. The van der Waals surface area contributed by atoms with Crippen molar-refractivity contribution in [2.75, 3.05) is 18.2 Å². The number of alkyl halides is 6. The highest BCUT2D eigenvalue weighted by molar-refractivity contribution is 6.06. The molecule has 1 N–H and O–H groups in total. The number of hydrogen-bond donors (Lipinski definition) is 1. The fourth-order valence-corrected chi connectivity index (χ4v) is 3.41. The molecule has 2 aromatic rings. The molecule has 32 heavy (non-hydrogen) atoms. The van der Waals surface area contributed by atoms with Gasteiger partial charge in [-0.1, -0.05) is 12.1 Å². The molecular formula is C21H18F6N2O3. The Labute approximate surface area is 178 Å². The summed E-state index contributed by atoms with van der Waals surface area (Å²) in [6.07, 6.45) is -9.52. The summed E-state index contributed by atoms with van der Waals surface area (Å²) >= 11 is 0. The van der Waals surface area contributed by atoms with Crippen LogP contribution < -0.4 is 10.4 Å². The van der Waals surface area contributed by atoms with Gasteiger partial charge in [-0.05, 0) is 67.3 Å². The minimum Gasteiger partial charge on any atom is -0.324 e. The van der Waals surface area contributed by atoms with Gasteiger partial charge < -0.3 is 10.2 Å². The second-order valence-electron chi connectivity index (χ2n) is 7.29. The molecule has 1 fully saturated rings. The number of aryl methyl sites for hydroxylation is 1. The molecule has 0 radical (unpaired) electrons. The zero-order valence-electron chi connectivity index (χ0n) is 16.7. The van der Waals surface area contributed by atoms with Crippen LogP contribution in [0.25, 0.3) is 0 Å². The predicted molar refractivity (Wildman–Crippen MR) is 102 cm³/mol. The molecule has 1 aliphatic heterocycles. The Hall–Kier alpha value is -3.08. The van der Waals surface area contributed by atoms with Crippen LogP contribution in [0, 0.1) is 6.92 Å². The average molecular weight is 460 g/mol. The second kappa shape index (κ2) is 8.81. The van der Waals surface area contributed by atoms with Crippen LogP contribution >= 0.6 is 0 Å². The number of carbonyl (C=O) groups is 2. The van der Waals surface area contributed by atoms with Gasteiger partial charge in [-0.15, -0.1) is 5.06 Å². The topological polar surface area (TPSA) is 58.6 Å². The smallest absolute Gasteiger partial charge is 0.324 e. The van der Waals surface area contributed by atoms with E-state index in [-0.39, 0.29) is 16.5 Å². The summed E-state index contributed by atoms with van der Waals surface area (Å²) in [4.78, 5) is 28.7. The quantitative estimate of drug-likeness (QED) is 0.530. The predicted octanol–water partition coefficient (Wildman–Crippen LogP) is 4.76. The minimum absolute atomic E-state index is 0.0579. The summed E-state index contributed by atoms with van der Waals surface area (Å²) in [5, 5.41) is 3.10. The third-order valence-electron chi connectivity index (χ3n) is 5.02. The fourth-order valence-electron chi connectivity index (χ4n) is 3.41. The van der Waals surface area contributed by atoms with Crippen molar-refractivity contribution in [2.45, 2.75) is 31.6 Å². The Morgan fingerprint density at radius 1 is 1.06 bits per heavy atom. The summed E-state index contributed by atoms with van der Waals surface area (Å²) in [6, 6.07) is 7.28. The Morgan fingerprint density at radius 3 is 2.38 bits per heavy atom. The molecule has 0 spiro atoms. The van der Waals surface area contributed by atoms with Gasteiger partial charge in [0.15, 0.2) is 0 Å². The number of nitrogens with zero attached hydrogens (tertiary/aromatic N) is 1. The van der Waals surface area contributed by atoms with Crippen LogP contribution in [0.4, 0.5) is 32.0 Å². The second-order valence-corrected chi connectivity index (χ2v) is 7.29. The third kappa shape index (κ3) is 5.21. The lowest BCUT2D eigenvalue weighted by atomic mass is 9.92. The fraction of sp³-hybridized carbons (Fsp3) is 0.333. The van der Waals surface area contributed by atoms with Crippen molar-refractivity contribution in [3.8, 4) is 0 Å². The zero-order valence-corrected chi connectivity index (χ0v) is 16.7. The molecule has 3 rings (SSSR count). The van der Waals surface area contributed by atoms with E-state index in [9.17, 15) is 35.9 Å². The molecule has 0 bridgehead atoms. The molecule has 5 nitrogen and oxygen atoms in total. The van der Waals surface area contributed by atoms with Crippen LogP contribution in [0.2, 0.25) is 0 Å². The number of rotatable bonds is 3. The van der Waals surface area contributed by atoms with Crippen LogP contribution in [-0.4, -0.2) is 31.1 Å². The van der Waals surface area contributed by atoms with Gasteiger partial charge in [0.2, 0.25) is 0 Å². The van der Waals surface area contributed by atoms with Crippen molar-refractivity contribution >= 4 is 17.6 Å². The maximum absolute atomic E-state index is 13.1. The number of carbonyl (C=O) groups excluding carboxylic acids is 2. The van der Waals surface area contributed by atoms with Gasteiger partial charge in [0.05, 0.1) is 11.3 Å². The number of hydroxylamine groups is 1. The molecule has 11 heteroatoms. The van der Waals surface area contributed by atoms with Gasteiger partial charge in [0, 0.05) is 12.1 Å². The van der Waals surface area contributed by atoms with E-state index in [0.29, 0.717) is 18.7 Å². The van der Waals surface area contributed by atoms with Crippen LogP contribution in [0.3, 0.4) is 0 Å². The number of anilines is 1. The molecular weight excluding hydrogens is 442 g/mol. The van der Waals surface area contributed by atoms with E-state index in [1.807, 2.05) is 0 Å². The van der Waals surface area contributed by atoms with Crippen molar-refractivity contribution in [3.63, 3.8) is 0 Å². The standard InChI is InChI=1S/C21H18F6N2O3/c1-12-5-6-13(9-17(12)14-7-8-28-11-14)18(30)29(32-19(31)21(25,26)27)16-4-2-3-15(10-16)20(22,23)24/h2-6,9-10,14,28H,7-8,11H2,1H3/t14-/m0/s1. The minimum atomic E-state index is -5.46. The summed E-state index contributed by atoms with van der Waals surface area (Å²) in [5.41, 5.74) is -0.422. The van der Waals surface area contributed by atoms with Crippen LogP contribution in [-0.2, 0) is 15.8 Å². The highest BCUT2D eigenvalue weighted by atomic mass is 19.4. The van der Waals surface area contributed by atoms with E-state index in [4.69, 9.17) is 0 Å². The molecule has 0 unspecified atom stereocenters. The number of benzene rings is 2. The van der Waals surface area contributed by atoms with Crippen LogP contribution in [0.5, 0.6) is 0 Å². The van der Waals surface area contributed by atoms with Crippen LogP contribution in [0.15, 0.2) is 42.5 Å². The summed E-state index contributed by atoms with van der Waals surface area (Å²) < 4.78 is 77.6. The van der Waals surface area contributed by atoms with Crippen molar-refractivity contribution in [1.82, 2.24) is 5.32 Å². The van der Waals surface area contributed by atoms with Crippen LogP contribution in [0.1, 0.15) is 39.4 Å². The Morgan fingerprint density at radius 2 is 1.78 bits per heavy atom. The van der Waals surface area contributed by atoms with Gasteiger partial charge in [-0.2, -0.15) is 26.3 Å². The molecule has 2 aromatic carbocycles. The Kier molecular flexibility index (Phi) is 6.49. The SMILES string of the molecule is Cc1ccc(C(=O)N(OC(=O)C(F)(F)F)c2cccc(C(F)(F)F)c2)cc1[C@H]1CCNC1. The highest BCUT2D eigenvalue weighted by Gasteiger charge is 2.44. The van der Waals surface area contributed by atoms with Gasteiger partial charge in [0.1, 0.15) is 0 Å². The number of halogens is 6. The van der Waals surface area contributed by atoms with E-state index < -0.39 is 35.5 Å². The monoisotopic (exact) mass is 460 g/mol. The van der Waals surface area contributed by atoms with Crippen molar-refractivity contribution < 1.29 is 40.8 Å². The molecule has 1 heterocycles. The first kappa shape index (κ1) is 23.6. The number of nitrogens with one attached hydrogen (secondary N) is 1. The Bertz CT molecular complexity index is 1010. The van der Waals surface area contributed by atoms with Crippen molar-refractivity contribution in [2.24, 2.45) is 0 Å². The van der Waals surface area contributed by atoms with E-state index in [0.717, 1.165) is 36.2 Å². The van der Waals surface area contributed by atoms with E-state index >= 15 is 0 Å². The number of hydrogen-bond acceptors (Lipinski definition) is 4. The van der Waals surface area contributed by atoms with E-state index in [1.165, 1.54) is 12.1 Å². The van der Waals surface area contributed by atoms with E-state index in [2.05, 4.69) is 10.2 Å². The lowest BCUT2D eigenvalue weighted by Gasteiger charge is -2.23. The summed E-state index contributed by atoms with van der Waals surface area (Å²) in [6.45, 7) is 3.19. The first-order valence-electron chi connectivity index (χ1n) is 9.50. The molecule has 1 aliphatic rings. The lowest BCUT2D eigenvalue weighted by molar-refractivity contribution is -0.200. The first-order chi connectivity index (χ1) is 14.9. The van der Waals surface area contributed by atoms with Gasteiger partial charge in [-0.25, -0.2) is 4.79 Å². The molecule has 1 amide bonds. The molecule has 1 saturated heterocycles. The zero-order chi connectivity index (χ0) is 23.7. The first-order valence-corrected chi connectivity index (χ1v) is 9.50. The lowest BCUT2D eigenvalue weighted by Crippen LogP contribution is -2.39. The van der Waals surface area contributed by atoms with Crippen molar-refractivity contribution in [3.05, 3.63) is 64.7 Å². The normalized spacial score (nSPS) is 16.7. The molecule has 0 saturated carbocycles.